The average Bonchev–Trinajstić information content (AvgIpc) is 3.10. The number of carbonyl (C=O) groups excluding carboxylic acids is 2. The lowest BCUT2D eigenvalue weighted by Crippen LogP contribution is -2.50. The SMILES string of the molecule is O=C1C2C3c4ccccc4C(Br)(c4ccccc43)C2C(=O)N1c1cccc2ccccc12. The molecule has 2 bridgehead atoms. The number of amides is 2. The topological polar surface area (TPSA) is 37.4 Å². The maximum atomic E-state index is 14.1. The summed E-state index contributed by atoms with van der Waals surface area (Å²) in [6.45, 7) is 0. The van der Waals surface area contributed by atoms with Crippen molar-refractivity contribution in [2.75, 3.05) is 4.90 Å². The summed E-state index contributed by atoms with van der Waals surface area (Å²) in [6, 6.07) is 30.2. The van der Waals surface area contributed by atoms with Crippen molar-refractivity contribution in [3.8, 4) is 0 Å². The third kappa shape index (κ3) is 2.02. The number of benzene rings is 4. The number of hydrogen-bond donors (Lipinski definition) is 0. The van der Waals surface area contributed by atoms with Crippen LogP contribution in [-0.4, -0.2) is 11.8 Å². The minimum Gasteiger partial charge on any atom is -0.274 e. The Hall–Kier alpha value is -3.24. The standard InChI is InChI=1S/C28H18BrNO2/c29-28-20-13-5-3-11-18(20)23(19-12-4-6-14-21(19)28)24-25(28)27(32)30(26(24)31)22-15-7-9-16-8-1-2-10-17(16)22/h1-15,23-25H. The molecule has 1 aliphatic heterocycles. The van der Waals surface area contributed by atoms with Gasteiger partial charge in [-0.25, -0.2) is 4.90 Å². The molecule has 0 N–H and O–H groups in total. The minimum atomic E-state index is -0.717. The number of rotatable bonds is 1. The zero-order valence-corrected chi connectivity index (χ0v) is 18.6. The van der Waals surface area contributed by atoms with Crippen LogP contribution >= 0.6 is 15.9 Å². The fourth-order valence-corrected chi connectivity index (χ4v) is 7.52. The molecular weight excluding hydrogens is 462 g/mol. The van der Waals surface area contributed by atoms with Crippen molar-refractivity contribution < 1.29 is 9.59 Å². The van der Waals surface area contributed by atoms with Gasteiger partial charge in [0.05, 0.1) is 21.8 Å². The molecule has 0 aromatic heterocycles. The normalized spacial score (nSPS) is 27.4. The van der Waals surface area contributed by atoms with Gasteiger partial charge in [0.2, 0.25) is 11.8 Å². The molecule has 4 aromatic rings. The summed E-state index contributed by atoms with van der Waals surface area (Å²) in [5.74, 6) is -1.26. The van der Waals surface area contributed by atoms with E-state index in [2.05, 4.69) is 40.2 Å². The number of carbonyl (C=O) groups is 2. The van der Waals surface area contributed by atoms with Crippen molar-refractivity contribution in [3.05, 3.63) is 113 Å². The maximum Gasteiger partial charge on any atom is 0.239 e. The summed E-state index contributed by atoms with van der Waals surface area (Å²) in [5, 5.41) is 1.94. The van der Waals surface area contributed by atoms with Crippen LogP contribution in [0.1, 0.15) is 28.2 Å². The number of imide groups is 1. The molecule has 2 atom stereocenters. The molecule has 8 rings (SSSR count). The van der Waals surface area contributed by atoms with Crippen LogP contribution in [0.5, 0.6) is 0 Å². The van der Waals surface area contributed by atoms with Crippen LogP contribution in [0.3, 0.4) is 0 Å². The van der Waals surface area contributed by atoms with Crippen molar-refractivity contribution in [1.29, 1.82) is 0 Å². The average molecular weight is 480 g/mol. The van der Waals surface area contributed by atoms with Crippen LogP contribution < -0.4 is 4.90 Å². The molecule has 0 saturated carbocycles. The summed E-state index contributed by atoms with van der Waals surface area (Å²) in [7, 11) is 0. The van der Waals surface area contributed by atoms with E-state index in [1.54, 1.807) is 0 Å². The Labute approximate surface area is 193 Å². The molecule has 0 spiro atoms. The third-order valence-corrected chi connectivity index (χ3v) is 8.87. The molecule has 1 saturated heterocycles. The van der Waals surface area contributed by atoms with Crippen molar-refractivity contribution in [2.45, 2.75) is 10.2 Å². The Morgan fingerprint density at radius 1 is 0.688 bits per heavy atom. The van der Waals surface area contributed by atoms with Crippen molar-refractivity contribution >= 4 is 44.2 Å². The molecule has 3 aliphatic carbocycles. The van der Waals surface area contributed by atoms with Crippen LogP contribution in [0.25, 0.3) is 10.8 Å². The number of anilines is 1. The third-order valence-electron chi connectivity index (χ3n) is 7.52. The zero-order chi connectivity index (χ0) is 21.6. The van der Waals surface area contributed by atoms with Gasteiger partial charge in [0.1, 0.15) is 0 Å². The van der Waals surface area contributed by atoms with Crippen LogP contribution in [0.2, 0.25) is 0 Å². The van der Waals surface area contributed by atoms with Gasteiger partial charge in [-0.3, -0.25) is 9.59 Å². The van der Waals surface area contributed by atoms with Gasteiger partial charge in [-0.2, -0.15) is 0 Å². The highest BCUT2D eigenvalue weighted by atomic mass is 79.9. The van der Waals surface area contributed by atoms with Gasteiger partial charge in [-0.05, 0) is 33.7 Å². The smallest absolute Gasteiger partial charge is 0.239 e. The number of fused-ring (bicyclic) bond motifs is 1. The van der Waals surface area contributed by atoms with Gasteiger partial charge in [0, 0.05) is 11.3 Å². The molecule has 1 fully saturated rings. The molecule has 154 valence electrons. The molecule has 4 aliphatic rings. The van der Waals surface area contributed by atoms with E-state index in [1.165, 1.54) is 4.90 Å². The number of alkyl halides is 1. The Kier molecular flexibility index (Phi) is 3.54. The van der Waals surface area contributed by atoms with Crippen molar-refractivity contribution in [2.24, 2.45) is 11.8 Å². The van der Waals surface area contributed by atoms with E-state index in [0.29, 0.717) is 5.69 Å². The van der Waals surface area contributed by atoms with Gasteiger partial charge < -0.3 is 0 Å². The highest BCUT2D eigenvalue weighted by Crippen LogP contribution is 2.66. The van der Waals surface area contributed by atoms with Gasteiger partial charge in [0.25, 0.3) is 0 Å². The van der Waals surface area contributed by atoms with E-state index in [4.69, 9.17) is 0 Å². The van der Waals surface area contributed by atoms with Gasteiger partial charge in [0.15, 0.2) is 0 Å². The summed E-state index contributed by atoms with van der Waals surface area (Å²) in [6.07, 6.45) is 0. The largest absolute Gasteiger partial charge is 0.274 e. The predicted molar refractivity (Wildman–Crippen MR) is 128 cm³/mol. The maximum absolute atomic E-state index is 14.1. The molecule has 4 aromatic carbocycles. The molecule has 1 heterocycles. The predicted octanol–water partition coefficient (Wildman–Crippen LogP) is 5.74. The number of halogens is 1. The van der Waals surface area contributed by atoms with Crippen LogP contribution in [0.15, 0.2) is 91.0 Å². The van der Waals surface area contributed by atoms with Crippen molar-refractivity contribution in [1.82, 2.24) is 0 Å². The highest BCUT2D eigenvalue weighted by molar-refractivity contribution is 9.09. The number of nitrogens with zero attached hydrogens (tertiary/aromatic N) is 1. The summed E-state index contributed by atoms with van der Waals surface area (Å²) in [4.78, 5) is 29.6. The minimum absolute atomic E-state index is 0.103. The van der Waals surface area contributed by atoms with Crippen LogP contribution in [0.4, 0.5) is 5.69 Å². The lowest BCUT2D eigenvalue weighted by molar-refractivity contribution is -0.122. The quantitative estimate of drug-likeness (QED) is 0.257. The van der Waals surface area contributed by atoms with Crippen LogP contribution in [-0.2, 0) is 13.9 Å². The summed E-state index contributed by atoms with van der Waals surface area (Å²) < 4.78 is -0.717. The second-order valence-corrected chi connectivity index (χ2v) is 10.1. The Morgan fingerprint density at radius 3 is 2.00 bits per heavy atom. The monoisotopic (exact) mass is 479 g/mol. The molecular formula is C28H18BrNO2. The highest BCUT2D eigenvalue weighted by Gasteiger charge is 2.67. The summed E-state index contributed by atoms with van der Waals surface area (Å²) in [5.41, 5.74) is 5.17. The first-order valence-electron chi connectivity index (χ1n) is 10.9. The van der Waals surface area contributed by atoms with Gasteiger partial charge in [-0.1, -0.05) is 101 Å². The van der Waals surface area contributed by atoms with E-state index < -0.39 is 16.2 Å². The lowest BCUT2D eigenvalue weighted by atomic mass is 9.55. The molecule has 2 amide bonds. The fraction of sp³-hybridized carbons (Fsp3) is 0.143. The van der Waals surface area contributed by atoms with E-state index >= 15 is 0 Å². The molecule has 32 heavy (non-hydrogen) atoms. The van der Waals surface area contributed by atoms with E-state index in [0.717, 1.165) is 33.0 Å². The Bertz CT molecular complexity index is 1420. The fourth-order valence-electron chi connectivity index (χ4n) is 6.32. The second-order valence-electron chi connectivity index (χ2n) is 8.88. The first-order chi connectivity index (χ1) is 15.6. The van der Waals surface area contributed by atoms with Gasteiger partial charge >= 0.3 is 0 Å². The molecule has 2 unspecified atom stereocenters. The van der Waals surface area contributed by atoms with E-state index in [-0.39, 0.29) is 17.7 Å². The first kappa shape index (κ1) is 18.3. The van der Waals surface area contributed by atoms with Gasteiger partial charge in [-0.15, -0.1) is 0 Å². The van der Waals surface area contributed by atoms with E-state index in [1.807, 2.05) is 66.7 Å². The lowest BCUT2D eigenvalue weighted by Gasteiger charge is -2.51. The number of hydrogen-bond acceptors (Lipinski definition) is 2. The van der Waals surface area contributed by atoms with Crippen molar-refractivity contribution in [3.63, 3.8) is 0 Å². The molecule has 0 radical (unpaired) electrons. The second kappa shape index (κ2) is 6.17. The Morgan fingerprint density at radius 2 is 1.28 bits per heavy atom. The Balaban J connectivity index is 1.50. The van der Waals surface area contributed by atoms with Crippen LogP contribution in [0, 0.1) is 11.8 Å². The summed E-state index contributed by atoms with van der Waals surface area (Å²) >= 11 is 4.06. The zero-order valence-electron chi connectivity index (χ0n) is 17.0. The molecule has 4 heteroatoms. The van der Waals surface area contributed by atoms with E-state index in [9.17, 15) is 9.59 Å². The first-order valence-corrected chi connectivity index (χ1v) is 11.6. The molecule has 3 nitrogen and oxygen atoms in total.